The minimum atomic E-state index is -0.0704. The smallest absolute Gasteiger partial charge is 0.269 e. The Hall–Kier alpha value is -1.23. The van der Waals surface area contributed by atoms with Crippen LogP contribution in [0.3, 0.4) is 0 Å². The zero-order valence-electron chi connectivity index (χ0n) is 11.3. The molecule has 1 aliphatic heterocycles. The van der Waals surface area contributed by atoms with Gasteiger partial charge < -0.3 is 10.6 Å². The van der Waals surface area contributed by atoms with Gasteiger partial charge in [0.25, 0.3) is 5.91 Å². The molecule has 0 aromatic carbocycles. The van der Waals surface area contributed by atoms with Crippen molar-refractivity contribution >= 4 is 23.4 Å². The molecule has 1 saturated heterocycles. The summed E-state index contributed by atoms with van der Waals surface area (Å²) in [5.74, 6) is 2.93. The van der Waals surface area contributed by atoms with E-state index in [1.54, 1.807) is 12.3 Å². The van der Waals surface area contributed by atoms with Gasteiger partial charge in [-0.25, -0.2) is 4.98 Å². The Kier molecular flexibility index (Phi) is 5.51. The first-order valence-corrected chi connectivity index (χ1v) is 8.01. The second-order valence-corrected chi connectivity index (χ2v) is 5.95. The lowest BCUT2D eigenvalue weighted by atomic mass is 10.1. The van der Waals surface area contributed by atoms with Gasteiger partial charge in [-0.15, -0.1) is 0 Å². The highest BCUT2D eigenvalue weighted by Gasteiger charge is 2.16. The van der Waals surface area contributed by atoms with Crippen molar-refractivity contribution in [2.45, 2.75) is 19.8 Å². The molecule has 0 aliphatic carbocycles. The third kappa shape index (κ3) is 4.42. The lowest BCUT2D eigenvalue weighted by Crippen LogP contribution is -2.29. The number of thioether (sulfide) groups is 1. The molecule has 2 rings (SSSR count). The molecule has 1 aromatic rings. The number of aromatic nitrogens is 1. The van der Waals surface area contributed by atoms with Crippen molar-refractivity contribution in [3.63, 3.8) is 0 Å². The zero-order chi connectivity index (χ0) is 13.5. The molecule has 2 heterocycles. The molecule has 1 fully saturated rings. The van der Waals surface area contributed by atoms with E-state index in [1.165, 1.54) is 12.2 Å². The standard InChI is InChI=1S/C14H21N3OS/c1-2-6-15-12-3-4-13(16-9-12)14(18)17-8-11-5-7-19-10-11/h3-4,9,11,15H,2,5-8,10H2,1H3,(H,17,18). The van der Waals surface area contributed by atoms with Gasteiger partial charge in [-0.2, -0.15) is 11.8 Å². The van der Waals surface area contributed by atoms with E-state index in [9.17, 15) is 4.79 Å². The molecular formula is C14H21N3OS. The van der Waals surface area contributed by atoms with Gasteiger partial charge in [0.1, 0.15) is 5.69 Å². The van der Waals surface area contributed by atoms with Gasteiger partial charge in [0, 0.05) is 13.1 Å². The maximum atomic E-state index is 11.9. The Labute approximate surface area is 118 Å². The summed E-state index contributed by atoms with van der Waals surface area (Å²) in [5.41, 5.74) is 1.46. The van der Waals surface area contributed by atoms with Gasteiger partial charge in [-0.05, 0) is 42.4 Å². The summed E-state index contributed by atoms with van der Waals surface area (Å²) in [4.78, 5) is 16.1. The van der Waals surface area contributed by atoms with Gasteiger partial charge in [-0.3, -0.25) is 4.79 Å². The minimum absolute atomic E-state index is 0.0704. The first-order chi connectivity index (χ1) is 9.29. The Bertz CT molecular complexity index is 402. The number of amides is 1. The van der Waals surface area contributed by atoms with Gasteiger partial charge >= 0.3 is 0 Å². The molecular weight excluding hydrogens is 258 g/mol. The van der Waals surface area contributed by atoms with Crippen LogP contribution in [0.5, 0.6) is 0 Å². The van der Waals surface area contributed by atoms with Crippen LogP contribution >= 0.6 is 11.8 Å². The maximum Gasteiger partial charge on any atom is 0.269 e. The number of nitrogens with one attached hydrogen (secondary N) is 2. The van der Waals surface area contributed by atoms with Crippen LogP contribution in [0.15, 0.2) is 18.3 Å². The molecule has 0 bridgehead atoms. The second-order valence-electron chi connectivity index (χ2n) is 4.80. The van der Waals surface area contributed by atoms with Gasteiger partial charge in [0.05, 0.1) is 11.9 Å². The Morgan fingerprint density at radius 1 is 1.53 bits per heavy atom. The largest absolute Gasteiger partial charge is 0.384 e. The molecule has 5 heteroatoms. The number of carbonyl (C=O) groups excluding carboxylic acids is 1. The number of carbonyl (C=O) groups is 1. The average molecular weight is 279 g/mol. The fraction of sp³-hybridized carbons (Fsp3) is 0.571. The molecule has 19 heavy (non-hydrogen) atoms. The van der Waals surface area contributed by atoms with Crippen molar-refractivity contribution < 1.29 is 4.79 Å². The molecule has 1 aromatic heterocycles. The van der Waals surface area contributed by atoms with E-state index in [-0.39, 0.29) is 5.91 Å². The van der Waals surface area contributed by atoms with E-state index < -0.39 is 0 Å². The highest BCUT2D eigenvalue weighted by atomic mass is 32.2. The number of hydrogen-bond donors (Lipinski definition) is 2. The van der Waals surface area contributed by atoms with E-state index in [4.69, 9.17) is 0 Å². The van der Waals surface area contributed by atoms with Crippen LogP contribution in [0.25, 0.3) is 0 Å². The quantitative estimate of drug-likeness (QED) is 0.839. The maximum absolute atomic E-state index is 11.9. The first kappa shape index (κ1) is 14.2. The molecule has 0 spiro atoms. The van der Waals surface area contributed by atoms with Crippen LogP contribution in [0.2, 0.25) is 0 Å². The fourth-order valence-corrected chi connectivity index (χ4v) is 3.26. The van der Waals surface area contributed by atoms with Crippen molar-refractivity contribution in [1.29, 1.82) is 0 Å². The molecule has 2 N–H and O–H groups in total. The summed E-state index contributed by atoms with van der Waals surface area (Å²) in [6.07, 6.45) is 4.00. The summed E-state index contributed by atoms with van der Waals surface area (Å²) in [6.45, 7) is 3.81. The summed E-state index contributed by atoms with van der Waals surface area (Å²) in [6, 6.07) is 3.68. The molecule has 104 valence electrons. The minimum Gasteiger partial charge on any atom is -0.384 e. The lowest BCUT2D eigenvalue weighted by Gasteiger charge is -2.10. The van der Waals surface area contributed by atoms with Gasteiger partial charge in [0.15, 0.2) is 0 Å². The Balaban J connectivity index is 1.81. The average Bonchev–Trinajstić information content (AvgIpc) is 2.96. The van der Waals surface area contributed by atoms with Gasteiger partial charge in [0.2, 0.25) is 0 Å². The monoisotopic (exact) mass is 279 g/mol. The molecule has 0 saturated carbocycles. The second kappa shape index (κ2) is 7.38. The van der Waals surface area contributed by atoms with Gasteiger partial charge in [-0.1, -0.05) is 6.92 Å². The van der Waals surface area contributed by atoms with E-state index >= 15 is 0 Å². The third-order valence-electron chi connectivity index (χ3n) is 3.15. The first-order valence-electron chi connectivity index (χ1n) is 6.85. The van der Waals surface area contributed by atoms with E-state index in [0.29, 0.717) is 11.6 Å². The normalized spacial score (nSPS) is 18.3. The molecule has 4 nitrogen and oxygen atoms in total. The zero-order valence-corrected chi connectivity index (χ0v) is 12.1. The van der Waals surface area contributed by atoms with Crippen LogP contribution in [-0.4, -0.2) is 35.5 Å². The van der Waals surface area contributed by atoms with Crippen LogP contribution in [0.4, 0.5) is 5.69 Å². The van der Waals surface area contributed by atoms with Crippen molar-refractivity contribution in [2.24, 2.45) is 5.92 Å². The Morgan fingerprint density at radius 3 is 3.05 bits per heavy atom. The van der Waals surface area contributed by atoms with Crippen molar-refractivity contribution in [2.75, 3.05) is 29.9 Å². The molecule has 1 aliphatic rings. The molecule has 1 unspecified atom stereocenters. The highest BCUT2D eigenvalue weighted by molar-refractivity contribution is 7.99. The third-order valence-corrected chi connectivity index (χ3v) is 4.38. The number of anilines is 1. The lowest BCUT2D eigenvalue weighted by molar-refractivity contribution is 0.0943. The van der Waals surface area contributed by atoms with Crippen LogP contribution in [0, 0.1) is 5.92 Å². The van der Waals surface area contributed by atoms with Crippen molar-refractivity contribution in [3.05, 3.63) is 24.0 Å². The summed E-state index contributed by atoms with van der Waals surface area (Å²) >= 11 is 1.96. The van der Waals surface area contributed by atoms with E-state index in [2.05, 4.69) is 22.5 Å². The number of rotatable bonds is 6. The van der Waals surface area contributed by atoms with Crippen molar-refractivity contribution in [1.82, 2.24) is 10.3 Å². The topological polar surface area (TPSA) is 54.0 Å². The number of nitrogens with zero attached hydrogens (tertiary/aromatic N) is 1. The summed E-state index contributed by atoms with van der Waals surface area (Å²) in [7, 11) is 0. The summed E-state index contributed by atoms with van der Waals surface area (Å²) < 4.78 is 0. The highest BCUT2D eigenvalue weighted by Crippen LogP contribution is 2.22. The SMILES string of the molecule is CCCNc1ccc(C(=O)NCC2CCSC2)nc1. The number of pyridine rings is 1. The van der Waals surface area contributed by atoms with Crippen LogP contribution in [0.1, 0.15) is 30.3 Å². The van der Waals surface area contributed by atoms with Crippen molar-refractivity contribution in [3.8, 4) is 0 Å². The predicted molar refractivity (Wildman–Crippen MR) is 80.8 cm³/mol. The number of hydrogen-bond acceptors (Lipinski definition) is 4. The predicted octanol–water partition coefficient (Wildman–Crippen LogP) is 2.39. The fourth-order valence-electron chi connectivity index (χ4n) is 1.97. The van der Waals surface area contributed by atoms with Crippen LogP contribution < -0.4 is 10.6 Å². The Morgan fingerprint density at radius 2 is 2.42 bits per heavy atom. The molecule has 1 atom stereocenters. The van der Waals surface area contributed by atoms with Crippen LogP contribution in [-0.2, 0) is 0 Å². The molecule has 0 radical (unpaired) electrons. The summed E-state index contributed by atoms with van der Waals surface area (Å²) in [5, 5.41) is 6.21. The van der Waals surface area contributed by atoms with E-state index in [0.717, 1.165) is 31.0 Å². The molecule has 1 amide bonds. The van der Waals surface area contributed by atoms with E-state index in [1.807, 2.05) is 17.8 Å².